The van der Waals surface area contributed by atoms with Crippen molar-refractivity contribution in [2.45, 2.75) is 66.3 Å². The Kier molecular flexibility index (Phi) is 9.08. The Hall–Kier alpha value is -3.42. The van der Waals surface area contributed by atoms with Crippen molar-refractivity contribution in [3.05, 3.63) is 71.6 Å². The predicted octanol–water partition coefficient (Wildman–Crippen LogP) is 8.01. The zero-order valence-electron chi connectivity index (χ0n) is 24.2. The van der Waals surface area contributed by atoms with Gasteiger partial charge >= 0.3 is 6.18 Å². The van der Waals surface area contributed by atoms with E-state index in [2.05, 4.69) is 32.7 Å². The van der Waals surface area contributed by atoms with Gasteiger partial charge in [-0.05, 0) is 62.9 Å². The summed E-state index contributed by atoms with van der Waals surface area (Å²) in [5.74, 6) is 1.51. The molecule has 2 atom stereocenters. The monoisotopic (exact) mass is 543 g/mol. The van der Waals surface area contributed by atoms with Gasteiger partial charge in [0, 0.05) is 41.1 Å². The van der Waals surface area contributed by atoms with Crippen LogP contribution in [0.2, 0.25) is 0 Å². The van der Waals surface area contributed by atoms with Crippen molar-refractivity contribution in [3.63, 3.8) is 0 Å². The number of benzene rings is 2. The van der Waals surface area contributed by atoms with E-state index in [1.807, 2.05) is 50.9 Å². The van der Waals surface area contributed by atoms with Crippen LogP contribution in [0.15, 0.2) is 54.7 Å². The van der Waals surface area contributed by atoms with Gasteiger partial charge in [-0.1, -0.05) is 33.4 Å². The van der Waals surface area contributed by atoms with Gasteiger partial charge in [0.05, 0.1) is 30.8 Å². The van der Waals surface area contributed by atoms with Crippen molar-refractivity contribution in [1.29, 1.82) is 0 Å². The molecule has 0 bridgehead atoms. The number of fused-ring (bicyclic) bond motifs is 1. The van der Waals surface area contributed by atoms with Crippen LogP contribution in [0.5, 0.6) is 11.5 Å². The van der Waals surface area contributed by atoms with Crippen LogP contribution in [-0.4, -0.2) is 42.7 Å². The van der Waals surface area contributed by atoms with Crippen LogP contribution in [0.3, 0.4) is 0 Å². The highest BCUT2D eigenvalue weighted by Crippen LogP contribution is 2.36. The SMILES string of the molecule is C=C(C(Nc1cccc(C(F)(F)F)c1)C(C)(C)CC)N(C)CC(C)Oc1cc(C)nc2c(C)c(OC)ccc12. The Morgan fingerprint density at radius 1 is 1.10 bits per heavy atom. The van der Waals surface area contributed by atoms with E-state index in [0.717, 1.165) is 57.9 Å². The molecule has 8 heteroatoms. The number of hydrogen-bond acceptors (Lipinski definition) is 5. The molecule has 1 aromatic heterocycles. The van der Waals surface area contributed by atoms with E-state index < -0.39 is 11.7 Å². The van der Waals surface area contributed by atoms with Gasteiger partial charge in [-0.25, -0.2) is 0 Å². The second-order valence-electron chi connectivity index (χ2n) is 10.8. The van der Waals surface area contributed by atoms with E-state index in [1.54, 1.807) is 13.2 Å². The molecule has 0 saturated heterocycles. The number of hydrogen-bond donors (Lipinski definition) is 1. The Bertz CT molecular complexity index is 1320. The van der Waals surface area contributed by atoms with E-state index in [4.69, 9.17) is 14.5 Å². The molecule has 1 N–H and O–H groups in total. The second kappa shape index (κ2) is 11.8. The quantitative estimate of drug-likeness (QED) is 0.265. The zero-order chi connectivity index (χ0) is 29.1. The van der Waals surface area contributed by atoms with Crippen LogP contribution in [0.1, 0.15) is 50.9 Å². The maximum atomic E-state index is 13.3. The van der Waals surface area contributed by atoms with Crippen LogP contribution in [0.25, 0.3) is 10.9 Å². The summed E-state index contributed by atoms with van der Waals surface area (Å²) in [6, 6.07) is 10.8. The molecule has 0 aliphatic carbocycles. The molecule has 0 amide bonds. The van der Waals surface area contributed by atoms with Crippen molar-refractivity contribution in [3.8, 4) is 11.5 Å². The number of nitrogens with zero attached hydrogens (tertiary/aromatic N) is 2. The van der Waals surface area contributed by atoms with Gasteiger partial charge in [0.1, 0.15) is 17.6 Å². The van der Waals surface area contributed by atoms with Crippen molar-refractivity contribution >= 4 is 16.6 Å². The van der Waals surface area contributed by atoms with Gasteiger partial charge in [-0.15, -0.1) is 0 Å². The van der Waals surface area contributed by atoms with Crippen LogP contribution >= 0.6 is 0 Å². The summed E-state index contributed by atoms with van der Waals surface area (Å²) in [5, 5.41) is 4.24. The molecule has 2 aromatic carbocycles. The van der Waals surface area contributed by atoms with Crippen LogP contribution in [-0.2, 0) is 6.18 Å². The Morgan fingerprint density at radius 2 is 1.79 bits per heavy atom. The lowest BCUT2D eigenvalue weighted by atomic mass is 9.80. The van der Waals surface area contributed by atoms with E-state index in [1.165, 1.54) is 6.07 Å². The number of aromatic nitrogens is 1. The number of methoxy groups -OCH3 is 1. The van der Waals surface area contributed by atoms with Gasteiger partial charge in [-0.2, -0.15) is 13.2 Å². The first kappa shape index (κ1) is 30.1. The molecule has 5 nitrogen and oxygen atoms in total. The van der Waals surface area contributed by atoms with Crippen molar-refractivity contribution in [2.24, 2.45) is 5.41 Å². The molecule has 39 heavy (non-hydrogen) atoms. The lowest BCUT2D eigenvalue weighted by molar-refractivity contribution is -0.137. The van der Waals surface area contributed by atoms with Gasteiger partial charge in [-0.3, -0.25) is 4.98 Å². The number of alkyl halides is 3. The third kappa shape index (κ3) is 6.97. The largest absolute Gasteiger partial charge is 0.496 e. The second-order valence-corrected chi connectivity index (χ2v) is 10.8. The minimum absolute atomic E-state index is 0.210. The summed E-state index contributed by atoms with van der Waals surface area (Å²) in [6.07, 6.45) is -3.82. The number of halogens is 3. The summed E-state index contributed by atoms with van der Waals surface area (Å²) in [5.41, 5.74) is 2.84. The molecular formula is C31H40F3N3O2. The van der Waals surface area contributed by atoms with Gasteiger partial charge in [0.15, 0.2) is 0 Å². The zero-order valence-corrected chi connectivity index (χ0v) is 24.2. The molecular weight excluding hydrogens is 503 g/mol. The fraction of sp³-hybridized carbons (Fsp3) is 0.452. The van der Waals surface area contributed by atoms with Gasteiger partial charge < -0.3 is 19.7 Å². The normalized spacial score (nSPS) is 13.6. The molecule has 0 spiro atoms. The summed E-state index contributed by atoms with van der Waals surface area (Å²) in [6.45, 7) is 17.0. The molecule has 1 heterocycles. The average Bonchev–Trinajstić information content (AvgIpc) is 2.87. The first-order valence-electron chi connectivity index (χ1n) is 13.1. The summed E-state index contributed by atoms with van der Waals surface area (Å²) < 4.78 is 51.8. The maximum absolute atomic E-state index is 13.3. The number of likely N-dealkylation sites (N-methyl/N-ethyl adjacent to an activating group) is 1. The summed E-state index contributed by atoms with van der Waals surface area (Å²) in [4.78, 5) is 6.71. The average molecular weight is 544 g/mol. The topological polar surface area (TPSA) is 46.6 Å². The van der Waals surface area contributed by atoms with Crippen LogP contribution in [0.4, 0.5) is 18.9 Å². The smallest absolute Gasteiger partial charge is 0.416 e. The Balaban J connectivity index is 1.81. The minimum atomic E-state index is -4.41. The van der Waals surface area contributed by atoms with Crippen molar-refractivity contribution in [2.75, 3.05) is 26.0 Å². The lowest BCUT2D eigenvalue weighted by Gasteiger charge is -2.40. The number of nitrogens with one attached hydrogen (secondary N) is 1. The number of ether oxygens (including phenoxy) is 2. The molecule has 0 saturated carbocycles. The molecule has 3 aromatic rings. The number of aryl methyl sites for hydroxylation is 2. The molecule has 0 aliphatic rings. The number of pyridine rings is 1. The fourth-order valence-corrected chi connectivity index (χ4v) is 4.68. The molecule has 2 unspecified atom stereocenters. The third-order valence-corrected chi connectivity index (χ3v) is 7.37. The Morgan fingerprint density at radius 3 is 2.41 bits per heavy atom. The maximum Gasteiger partial charge on any atom is 0.416 e. The predicted molar refractivity (Wildman–Crippen MR) is 153 cm³/mol. The minimum Gasteiger partial charge on any atom is -0.496 e. The Labute approximate surface area is 230 Å². The van der Waals surface area contributed by atoms with E-state index in [-0.39, 0.29) is 17.6 Å². The molecule has 0 radical (unpaired) electrons. The van der Waals surface area contributed by atoms with Crippen molar-refractivity contribution in [1.82, 2.24) is 9.88 Å². The lowest BCUT2D eigenvalue weighted by Crippen LogP contribution is -2.44. The van der Waals surface area contributed by atoms with Crippen molar-refractivity contribution < 1.29 is 22.6 Å². The number of anilines is 1. The number of rotatable bonds is 11. The summed E-state index contributed by atoms with van der Waals surface area (Å²) >= 11 is 0. The first-order valence-corrected chi connectivity index (χ1v) is 13.1. The van der Waals surface area contributed by atoms with E-state index >= 15 is 0 Å². The molecule has 0 aliphatic heterocycles. The summed E-state index contributed by atoms with van der Waals surface area (Å²) in [7, 11) is 3.57. The molecule has 0 fully saturated rings. The highest BCUT2D eigenvalue weighted by molar-refractivity contribution is 5.89. The van der Waals surface area contributed by atoms with E-state index in [9.17, 15) is 13.2 Å². The standard InChI is InChI=1S/C31H40F3N3O2/c1-10-30(6,7)29(36-24-13-11-12-23(17-24)31(32,33)34)22(5)37(8)18-20(3)39-27-16-19(2)35-28-21(4)26(38-9)15-14-25(27)28/h11-17,20,29,36H,5,10,18H2,1-4,6-9H3. The van der Waals surface area contributed by atoms with Crippen LogP contribution in [0, 0.1) is 19.3 Å². The van der Waals surface area contributed by atoms with Gasteiger partial charge in [0.25, 0.3) is 0 Å². The van der Waals surface area contributed by atoms with Gasteiger partial charge in [0.2, 0.25) is 0 Å². The third-order valence-electron chi connectivity index (χ3n) is 7.37. The van der Waals surface area contributed by atoms with Crippen LogP contribution < -0.4 is 14.8 Å². The molecule has 3 rings (SSSR count). The molecule has 212 valence electrons. The van der Waals surface area contributed by atoms with E-state index in [0.29, 0.717) is 12.2 Å². The first-order chi connectivity index (χ1) is 18.2. The highest BCUT2D eigenvalue weighted by Gasteiger charge is 2.34. The fourth-order valence-electron chi connectivity index (χ4n) is 4.68. The highest BCUT2D eigenvalue weighted by atomic mass is 19.4.